The Kier molecular flexibility index (Phi) is 8.81. The number of fused-ring (bicyclic) bond motifs is 3. The molecule has 7 heteroatoms. The number of ether oxygens (including phenoxy) is 1. The Morgan fingerprint density at radius 3 is 2.47 bits per heavy atom. The molecule has 1 saturated carbocycles. The maximum absolute atomic E-state index is 13.9. The molecule has 3 aromatic carbocycles. The number of Topliss-reactive ketones (excluding diaryl/α,β-unsaturated/α-hetero) is 1. The van der Waals surface area contributed by atoms with Crippen molar-refractivity contribution in [2.75, 3.05) is 7.11 Å². The number of aryl methyl sites for hydroxylation is 1. The van der Waals surface area contributed by atoms with E-state index in [0.29, 0.717) is 25.0 Å². The van der Waals surface area contributed by atoms with Crippen LogP contribution in [0.25, 0.3) is 0 Å². The first-order valence-electron chi connectivity index (χ1n) is 16.0. The molecule has 3 aromatic rings. The monoisotopic (exact) mass is 610 g/mol. The molecular formula is C38H42O7. The second-order valence-electron chi connectivity index (χ2n) is 13.1. The molecule has 3 aliphatic carbocycles. The summed E-state index contributed by atoms with van der Waals surface area (Å²) in [5.41, 5.74) is 2.62. The molecule has 0 amide bonds. The van der Waals surface area contributed by atoms with Crippen molar-refractivity contribution >= 4 is 5.78 Å². The predicted molar refractivity (Wildman–Crippen MR) is 170 cm³/mol. The topological polar surface area (TPSA) is 127 Å². The zero-order valence-corrected chi connectivity index (χ0v) is 25.7. The molecule has 7 nitrogen and oxygen atoms in total. The van der Waals surface area contributed by atoms with Gasteiger partial charge in [-0.05, 0) is 84.5 Å². The number of aliphatic hydroxyl groups excluding tert-OH is 2. The lowest BCUT2D eigenvalue weighted by molar-refractivity contribution is -0.125. The molecule has 0 spiro atoms. The minimum absolute atomic E-state index is 0.0170. The van der Waals surface area contributed by atoms with E-state index >= 15 is 0 Å². The summed E-state index contributed by atoms with van der Waals surface area (Å²) in [6.45, 7) is 0. The average molecular weight is 611 g/mol. The third kappa shape index (κ3) is 5.78. The highest BCUT2D eigenvalue weighted by Crippen LogP contribution is 2.57. The van der Waals surface area contributed by atoms with Crippen LogP contribution in [0.4, 0.5) is 0 Å². The number of aliphatic hydroxyl groups is 2. The number of ketones is 1. The number of aromatic hydroxyl groups is 3. The Bertz CT molecular complexity index is 1610. The summed E-state index contributed by atoms with van der Waals surface area (Å²) in [6, 6.07) is 18.3. The smallest absolute Gasteiger partial charge is 0.160 e. The van der Waals surface area contributed by atoms with Crippen LogP contribution in [0.3, 0.4) is 0 Å². The van der Waals surface area contributed by atoms with E-state index in [-0.39, 0.29) is 60.0 Å². The molecule has 0 saturated heterocycles. The van der Waals surface area contributed by atoms with Crippen molar-refractivity contribution in [3.8, 4) is 34.8 Å². The van der Waals surface area contributed by atoms with Gasteiger partial charge >= 0.3 is 0 Å². The fourth-order valence-corrected chi connectivity index (χ4v) is 8.61. The lowest BCUT2D eigenvalue weighted by Crippen LogP contribution is -2.59. The Labute approximate surface area is 264 Å². The van der Waals surface area contributed by atoms with Crippen molar-refractivity contribution in [1.29, 1.82) is 0 Å². The maximum atomic E-state index is 13.9. The highest BCUT2D eigenvalue weighted by Gasteiger charge is 2.57. The Hall–Kier alpha value is -3.99. The van der Waals surface area contributed by atoms with Gasteiger partial charge in [-0.25, -0.2) is 0 Å². The number of hydrogen-bond donors (Lipinski definition) is 5. The van der Waals surface area contributed by atoms with Crippen molar-refractivity contribution < 1.29 is 35.1 Å². The zero-order chi connectivity index (χ0) is 31.7. The standard InChI is InChI=1S/C38H42O7/c1-45-36-19-25(14-16-32(36)40)29-20-28(39)21-33(41)30(11-5-9-24(29)17-23-7-3-2-4-8-23)38-27(10-6-12-37(38)44)15-13-26-18-34(42)35(43)22-31(26)38/h2-4,7-8,14,16,18-19,22,24,27,29-30,33,37,40-44H,6,10-13,15,17,20-21H2,1H3/t24-,27+,29+,30+,33-,37+,38+/m0/s1. The van der Waals surface area contributed by atoms with Gasteiger partial charge in [0.15, 0.2) is 23.0 Å². The van der Waals surface area contributed by atoms with Gasteiger partial charge in [-0.1, -0.05) is 48.7 Å². The van der Waals surface area contributed by atoms with E-state index in [1.165, 1.54) is 7.11 Å². The minimum atomic E-state index is -1.07. The summed E-state index contributed by atoms with van der Waals surface area (Å²) in [6.07, 6.45) is 2.82. The van der Waals surface area contributed by atoms with Gasteiger partial charge in [0, 0.05) is 42.4 Å². The molecule has 0 radical (unpaired) electrons. The number of phenolic OH excluding ortho intramolecular Hbond substituents is 3. The molecule has 5 N–H and O–H groups in total. The lowest BCUT2D eigenvalue weighted by Gasteiger charge is -2.56. The fourth-order valence-electron chi connectivity index (χ4n) is 8.61. The van der Waals surface area contributed by atoms with E-state index in [0.717, 1.165) is 41.5 Å². The normalized spacial score (nSPS) is 29.9. The number of benzene rings is 3. The van der Waals surface area contributed by atoms with E-state index in [1.54, 1.807) is 24.3 Å². The number of hydrogen-bond acceptors (Lipinski definition) is 7. The van der Waals surface area contributed by atoms with E-state index in [2.05, 4.69) is 11.8 Å². The molecule has 236 valence electrons. The van der Waals surface area contributed by atoms with Crippen LogP contribution in [-0.2, 0) is 23.1 Å². The van der Waals surface area contributed by atoms with E-state index < -0.39 is 23.5 Å². The zero-order valence-electron chi connectivity index (χ0n) is 25.7. The molecule has 0 aliphatic heterocycles. The second-order valence-corrected chi connectivity index (χ2v) is 13.1. The number of rotatable bonds is 5. The van der Waals surface area contributed by atoms with Crippen LogP contribution >= 0.6 is 0 Å². The number of carbonyl (C=O) groups excluding carboxylic acids is 1. The van der Waals surface area contributed by atoms with Crippen molar-refractivity contribution in [2.24, 2.45) is 17.8 Å². The van der Waals surface area contributed by atoms with Gasteiger partial charge in [0.05, 0.1) is 19.3 Å². The molecule has 1 fully saturated rings. The summed E-state index contributed by atoms with van der Waals surface area (Å²) in [7, 11) is 1.49. The lowest BCUT2D eigenvalue weighted by atomic mass is 9.49. The Morgan fingerprint density at radius 2 is 1.69 bits per heavy atom. The molecule has 7 atom stereocenters. The summed E-state index contributed by atoms with van der Waals surface area (Å²) in [5, 5.41) is 55.0. The Morgan fingerprint density at radius 1 is 0.911 bits per heavy atom. The van der Waals surface area contributed by atoms with E-state index in [9.17, 15) is 30.3 Å². The fraction of sp³-hybridized carbons (Fsp3) is 0.447. The summed E-state index contributed by atoms with van der Waals surface area (Å²) < 4.78 is 5.39. The SMILES string of the molecule is COc1cc([C@@H]2CC(=O)C[C@H](O)[C@H]([C@@]34c5cc(O)c(O)cc5CC[C@H]3CCC[C@H]4O)CC#C[C@H]2Cc2ccccc2)ccc1O. The van der Waals surface area contributed by atoms with Gasteiger partial charge in [0.2, 0.25) is 0 Å². The van der Waals surface area contributed by atoms with E-state index in [1.807, 2.05) is 36.4 Å². The molecule has 0 unspecified atom stereocenters. The summed E-state index contributed by atoms with van der Waals surface area (Å²) >= 11 is 0. The van der Waals surface area contributed by atoms with Crippen LogP contribution in [-0.4, -0.2) is 50.6 Å². The van der Waals surface area contributed by atoms with Crippen molar-refractivity contribution in [1.82, 2.24) is 0 Å². The van der Waals surface area contributed by atoms with Crippen molar-refractivity contribution in [3.63, 3.8) is 0 Å². The number of carbonyl (C=O) groups is 1. The van der Waals surface area contributed by atoms with Crippen molar-refractivity contribution in [2.45, 2.75) is 81.3 Å². The van der Waals surface area contributed by atoms with Crippen LogP contribution in [0, 0.1) is 29.6 Å². The number of methoxy groups -OCH3 is 1. The van der Waals surface area contributed by atoms with E-state index in [4.69, 9.17) is 4.74 Å². The number of phenols is 3. The van der Waals surface area contributed by atoms with Gasteiger partial charge in [0.25, 0.3) is 0 Å². The van der Waals surface area contributed by atoms with Gasteiger partial charge in [-0.2, -0.15) is 0 Å². The molecular weight excluding hydrogens is 568 g/mol. The van der Waals surface area contributed by atoms with Gasteiger partial charge in [-0.3, -0.25) is 4.79 Å². The van der Waals surface area contributed by atoms with Crippen LogP contribution in [0.5, 0.6) is 23.0 Å². The quantitative estimate of drug-likeness (QED) is 0.190. The minimum Gasteiger partial charge on any atom is -0.504 e. The van der Waals surface area contributed by atoms with Crippen LogP contribution in [0.15, 0.2) is 60.7 Å². The largest absolute Gasteiger partial charge is 0.504 e. The summed E-state index contributed by atoms with van der Waals surface area (Å²) in [5.74, 6) is 5.67. The molecule has 0 aromatic heterocycles. The first kappa shape index (κ1) is 31.0. The average Bonchev–Trinajstić information content (AvgIpc) is 3.03. The Balaban J connectivity index is 1.47. The molecule has 45 heavy (non-hydrogen) atoms. The van der Waals surface area contributed by atoms with Gasteiger partial charge in [0.1, 0.15) is 5.78 Å². The molecule has 3 aliphatic rings. The summed E-state index contributed by atoms with van der Waals surface area (Å²) in [4.78, 5) is 13.9. The van der Waals surface area contributed by atoms with Crippen LogP contribution in [0.2, 0.25) is 0 Å². The first-order valence-corrected chi connectivity index (χ1v) is 16.0. The van der Waals surface area contributed by atoms with Crippen molar-refractivity contribution in [3.05, 3.63) is 82.9 Å². The molecule has 0 bridgehead atoms. The third-order valence-corrected chi connectivity index (χ3v) is 10.7. The maximum Gasteiger partial charge on any atom is 0.160 e. The third-order valence-electron chi connectivity index (χ3n) is 10.7. The highest BCUT2D eigenvalue weighted by molar-refractivity contribution is 5.80. The molecule has 0 heterocycles. The van der Waals surface area contributed by atoms with Crippen LogP contribution in [0.1, 0.15) is 73.1 Å². The van der Waals surface area contributed by atoms with Crippen LogP contribution < -0.4 is 4.74 Å². The molecule has 6 rings (SSSR count). The predicted octanol–water partition coefficient (Wildman–Crippen LogP) is 5.53. The van der Waals surface area contributed by atoms with Gasteiger partial charge < -0.3 is 30.3 Å². The second kappa shape index (κ2) is 12.8. The van der Waals surface area contributed by atoms with Gasteiger partial charge in [-0.15, -0.1) is 5.92 Å². The highest BCUT2D eigenvalue weighted by atomic mass is 16.5. The first-order chi connectivity index (χ1) is 21.7.